The summed E-state index contributed by atoms with van der Waals surface area (Å²) in [5.74, 6) is -13.0. The van der Waals surface area contributed by atoms with Crippen molar-refractivity contribution in [3.63, 3.8) is 0 Å². The maximum atomic E-state index is 13.6. The number of halogens is 7. The van der Waals surface area contributed by atoms with Crippen molar-refractivity contribution >= 4 is 22.0 Å². The monoisotopic (exact) mass is 491 g/mol. The average molecular weight is 491 g/mol. The van der Waals surface area contributed by atoms with Gasteiger partial charge >= 0.3 is 45.1 Å². The molecule has 0 aliphatic heterocycles. The summed E-state index contributed by atoms with van der Waals surface area (Å²) in [5.41, 5.74) is -0.534. The molecular formula is C15H20F7NO7S. The highest BCUT2D eigenvalue weighted by atomic mass is 32.2. The van der Waals surface area contributed by atoms with Gasteiger partial charge in [0.25, 0.3) is 0 Å². The highest BCUT2D eigenvalue weighted by Gasteiger charge is 2.67. The molecule has 16 heteroatoms. The highest BCUT2D eigenvalue weighted by molar-refractivity contribution is 7.87. The lowest BCUT2D eigenvalue weighted by molar-refractivity contribution is -0.347. The number of hydrogen-bond donors (Lipinski definition) is 2. The molecule has 0 aliphatic carbocycles. The summed E-state index contributed by atoms with van der Waals surface area (Å²) in [5, 5.41) is -4.10. The highest BCUT2D eigenvalue weighted by Crippen LogP contribution is 2.42. The zero-order chi connectivity index (χ0) is 24.9. The minimum atomic E-state index is -6.47. The Hall–Kier alpha value is -1.94. The number of ether oxygens (including phenoxy) is 2. The Morgan fingerprint density at radius 3 is 1.97 bits per heavy atom. The minimum Gasteiger partial charge on any atom is -0.412 e. The van der Waals surface area contributed by atoms with Gasteiger partial charge < -0.3 is 14.8 Å². The Kier molecular flexibility index (Phi) is 9.49. The normalized spacial score (nSPS) is 15.2. The van der Waals surface area contributed by atoms with E-state index in [0.717, 1.165) is 6.92 Å². The molecule has 1 amide bonds. The van der Waals surface area contributed by atoms with Gasteiger partial charge in [0.05, 0.1) is 6.61 Å². The number of likely N-dealkylation sites (N-methyl/N-ethyl adjacent to an activating group) is 1. The summed E-state index contributed by atoms with van der Waals surface area (Å²) < 4.78 is 131. The Balaban J connectivity index is 5.44. The van der Waals surface area contributed by atoms with Crippen molar-refractivity contribution in [2.45, 2.75) is 56.3 Å². The Labute approximate surface area is 172 Å². The third kappa shape index (κ3) is 6.77. The molecule has 0 bridgehead atoms. The first-order chi connectivity index (χ1) is 13.8. The average Bonchev–Trinajstić information content (AvgIpc) is 2.57. The van der Waals surface area contributed by atoms with Gasteiger partial charge in [-0.1, -0.05) is 6.58 Å². The molecule has 0 radical (unpaired) electrons. The van der Waals surface area contributed by atoms with Crippen LogP contribution in [0.1, 0.15) is 33.1 Å². The van der Waals surface area contributed by atoms with E-state index in [9.17, 15) is 48.7 Å². The van der Waals surface area contributed by atoms with Crippen LogP contribution in [0, 0.1) is 0 Å². The topological polar surface area (TPSA) is 119 Å². The van der Waals surface area contributed by atoms with Crippen LogP contribution in [0.15, 0.2) is 12.2 Å². The molecule has 182 valence electrons. The fourth-order valence-corrected chi connectivity index (χ4v) is 2.38. The van der Waals surface area contributed by atoms with E-state index in [1.165, 1.54) is 6.92 Å². The van der Waals surface area contributed by atoms with Crippen LogP contribution < -0.4 is 5.32 Å². The van der Waals surface area contributed by atoms with Crippen LogP contribution in [-0.2, 0) is 29.2 Å². The maximum absolute atomic E-state index is 13.6. The summed E-state index contributed by atoms with van der Waals surface area (Å²) >= 11 is 0. The van der Waals surface area contributed by atoms with E-state index in [2.05, 4.69) is 16.1 Å². The zero-order valence-electron chi connectivity index (χ0n) is 16.2. The van der Waals surface area contributed by atoms with Gasteiger partial charge in [-0.2, -0.15) is 39.2 Å². The number of esters is 1. The number of alkyl halides is 7. The molecule has 1 atom stereocenters. The Bertz CT molecular complexity index is 783. The van der Waals surface area contributed by atoms with Crippen molar-refractivity contribution in [3.8, 4) is 0 Å². The first-order valence-corrected chi connectivity index (χ1v) is 9.81. The maximum Gasteiger partial charge on any atom is 0.466 e. The lowest BCUT2D eigenvalue weighted by Gasteiger charge is -2.33. The molecule has 0 aromatic rings. The molecule has 0 rings (SSSR count). The van der Waals surface area contributed by atoms with E-state index >= 15 is 0 Å². The van der Waals surface area contributed by atoms with Gasteiger partial charge in [-0.3, -0.25) is 9.35 Å². The molecule has 0 spiro atoms. The molecule has 2 N–H and O–H groups in total. The second kappa shape index (κ2) is 10.1. The molecule has 8 nitrogen and oxygen atoms in total. The van der Waals surface area contributed by atoms with Crippen LogP contribution in [0.25, 0.3) is 0 Å². The largest absolute Gasteiger partial charge is 0.466 e. The fraction of sp³-hybridized carbons (Fsp3) is 0.733. The van der Waals surface area contributed by atoms with Crippen molar-refractivity contribution < 1.29 is 62.8 Å². The van der Waals surface area contributed by atoms with Crippen molar-refractivity contribution in [2.24, 2.45) is 0 Å². The number of unbranched alkanes of at least 4 members (excludes halogenated alkanes) is 1. The molecule has 0 aromatic carbocycles. The quantitative estimate of drug-likeness (QED) is 0.108. The van der Waals surface area contributed by atoms with Gasteiger partial charge in [0.2, 0.25) is 0 Å². The van der Waals surface area contributed by atoms with E-state index in [1.807, 2.05) is 0 Å². The predicted octanol–water partition coefficient (Wildman–Crippen LogP) is 2.80. The third-order valence-corrected chi connectivity index (χ3v) is 4.48. The molecule has 0 saturated carbocycles. The van der Waals surface area contributed by atoms with E-state index in [0.29, 0.717) is 0 Å². The van der Waals surface area contributed by atoms with Crippen LogP contribution in [0.3, 0.4) is 0 Å². The molecule has 0 aliphatic rings. The third-order valence-electron chi connectivity index (χ3n) is 3.53. The van der Waals surface area contributed by atoms with E-state index in [4.69, 9.17) is 4.55 Å². The molecule has 0 fully saturated rings. The summed E-state index contributed by atoms with van der Waals surface area (Å²) in [6.07, 6.45) is -9.34. The number of carbonyl (C=O) groups is 2. The Morgan fingerprint density at radius 1 is 1.06 bits per heavy atom. The van der Waals surface area contributed by atoms with E-state index in [1.54, 1.807) is 5.32 Å². The van der Waals surface area contributed by atoms with Crippen molar-refractivity contribution in [3.05, 3.63) is 12.2 Å². The number of hydrogen-bond acceptors (Lipinski definition) is 6. The zero-order valence-corrected chi connectivity index (χ0v) is 17.0. The van der Waals surface area contributed by atoms with Crippen LogP contribution in [0.4, 0.5) is 30.7 Å². The molecule has 0 saturated heterocycles. The summed E-state index contributed by atoms with van der Waals surface area (Å²) in [4.78, 5) is 23.6. The van der Waals surface area contributed by atoms with Gasteiger partial charge in [-0.05, 0) is 26.7 Å². The van der Waals surface area contributed by atoms with Crippen LogP contribution >= 0.6 is 0 Å². The van der Waals surface area contributed by atoms with E-state index < -0.39 is 76.6 Å². The van der Waals surface area contributed by atoms with Crippen LogP contribution in [0.2, 0.25) is 0 Å². The van der Waals surface area contributed by atoms with Crippen LogP contribution in [0.5, 0.6) is 0 Å². The van der Waals surface area contributed by atoms with Crippen molar-refractivity contribution in [1.29, 1.82) is 0 Å². The first kappa shape index (κ1) is 29.1. The summed E-state index contributed by atoms with van der Waals surface area (Å²) in [7, 11) is -6.47. The number of nitrogens with one attached hydrogen (secondary N) is 1. The number of amides is 1. The van der Waals surface area contributed by atoms with Gasteiger partial charge in [0, 0.05) is 18.5 Å². The van der Waals surface area contributed by atoms with Crippen molar-refractivity contribution in [2.75, 3.05) is 13.2 Å². The Morgan fingerprint density at radius 2 is 1.58 bits per heavy atom. The van der Waals surface area contributed by atoms with Gasteiger partial charge in [0.15, 0.2) is 0 Å². The first-order valence-electron chi connectivity index (χ1n) is 8.37. The van der Waals surface area contributed by atoms with E-state index in [-0.39, 0.29) is 6.54 Å². The minimum absolute atomic E-state index is 0.346. The number of carbonyl (C=O) groups excluding carboxylic acids is 2. The second-order valence-corrected chi connectivity index (χ2v) is 7.61. The van der Waals surface area contributed by atoms with Gasteiger partial charge in [-0.15, -0.1) is 0 Å². The smallest absolute Gasteiger partial charge is 0.412 e. The fourth-order valence-electron chi connectivity index (χ4n) is 1.90. The number of rotatable bonds is 12. The predicted molar refractivity (Wildman–Crippen MR) is 89.6 cm³/mol. The molecular weight excluding hydrogens is 471 g/mol. The van der Waals surface area contributed by atoms with Gasteiger partial charge in [0.1, 0.15) is 0 Å². The second-order valence-electron chi connectivity index (χ2n) is 6.15. The van der Waals surface area contributed by atoms with Crippen molar-refractivity contribution in [1.82, 2.24) is 5.32 Å². The summed E-state index contributed by atoms with van der Waals surface area (Å²) in [6, 6.07) is 0. The lowest BCUT2D eigenvalue weighted by Crippen LogP contribution is -2.61. The van der Waals surface area contributed by atoms with Crippen LogP contribution in [-0.4, -0.2) is 61.1 Å². The molecule has 0 aromatic heterocycles. The molecule has 0 heterocycles. The molecule has 31 heavy (non-hydrogen) atoms. The van der Waals surface area contributed by atoms with Gasteiger partial charge in [-0.25, -0.2) is 4.79 Å². The molecule has 1 unspecified atom stereocenters. The SMILES string of the molecule is C=C(C)C(=O)OC(OCCCCC(F)(F)C(F)(F)S(=O)(=O)O)(C(=O)NCC)C(F)(F)F. The summed E-state index contributed by atoms with van der Waals surface area (Å²) in [6.45, 7) is 3.72. The standard InChI is InChI=1S/C15H20F7NO7S/c1-4-23-11(25)13(14(18,19)20,30-10(24)9(2)3)29-8-6-5-7-12(16,17)15(21,22)31(26,27)28/h2,4-8H2,1,3H3,(H,23,25)(H,26,27,28). The lowest BCUT2D eigenvalue weighted by atomic mass is 10.1.